The fraction of sp³-hybridized carbons (Fsp3) is 0.222. The first kappa shape index (κ1) is 74.1. The third kappa shape index (κ3) is 18.4. The Morgan fingerprint density at radius 3 is 0.660 bits per heavy atom. The summed E-state index contributed by atoms with van der Waals surface area (Å²) in [7, 11) is 0. The minimum atomic E-state index is -2.07. The molecule has 12 rings (SSSR count). The lowest BCUT2D eigenvalue weighted by atomic mass is 9.96. The molecule has 15 atom stereocenters. The van der Waals surface area contributed by atoms with Crippen LogP contribution in [0.15, 0.2) is 273 Å². The Balaban J connectivity index is 0.968. The minimum absolute atomic E-state index is 0.00385. The molecule has 3 aliphatic rings. The lowest BCUT2D eigenvalue weighted by Gasteiger charge is -2.47. The largest absolute Gasteiger partial charge is 0.452 e. The van der Waals surface area contributed by atoms with Crippen LogP contribution in [-0.2, 0) is 66.3 Å². The minimum Gasteiger partial charge on any atom is -0.452 e. The van der Waals surface area contributed by atoms with Gasteiger partial charge in [0.2, 0.25) is 0 Å². The second-order valence-corrected chi connectivity index (χ2v) is 24.6. The summed E-state index contributed by atoms with van der Waals surface area (Å²) >= 11 is 4.77. The fourth-order valence-corrected chi connectivity index (χ4v) is 12.2. The molecule has 25 heteroatoms. The quantitative estimate of drug-likeness (QED) is 0.0305. The molecule has 0 radical (unpaired) electrons. The van der Waals surface area contributed by atoms with Crippen LogP contribution in [-0.4, -0.2) is 170 Å². The first-order valence-corrected chi connectivity index (χ1v) is 34.0. The van der Waals surface area contributed by atoms with E-state index in [1.165, 1.54) is 109 Å². The summed E-state index contributed by atoms with van der Waals surface area (Å²) in [4.78, 5) is 131. The molecular formula is C81H68O24S. The van der Waals surface area contributed by atoms with Crippen molar-refractivity contribution in [1.29, 1.82) is 0 Å². The molecule has 3 aliphatic heterocycles. The molecule has 9 aromatic rings. The molecule has 0 bridgehead atoms. The van der Waals surface area contributed by atoms with Gasteiger partial charge in [-0.2, -0.15) is 0 Å². The van der Waals surface area contributed by atoms with Gasteiger partial charge >= 0.3 is 53.7 Å². The molecule has 0 aromatic heterocycles. The monoisotopic (exact) mass is 1460 g/mol. The first-order chi connectivity index (χ1) is 51.7. The van der Waals surface area contributed by atoms with Gasteiger partial charge in [0.15, 0.2) is 67.5 Å². The number of hydrogen-bond acceptors (Lipinski definition) is 25. The average molecular weight is 1460 g/mol. The van der Waals surface area contributed by atoms with Crippen LogP contribution in [0.2, 0.25) is 0 Å². The summed E-state index contributed by atoms with van der Waals surface area (Å²) in [6.07, 6.45) is -26.1. The van der Waals surface area contributed by atoms with Gasteiger partial charge in [-0.25, -0.2) is 43.2 Å². The summed E-state index contributed by atoms with van der Waals surface area (Å²) in [5.74, 6) is -9.06. The van der Waals surface area contributed by atoms with Gasteiger partial charge in [0.05, 0.1) is 69.9 Å². The van der Waals surface area contributed by atoms with Gasteiger partial charge in [0, 0.05) is 0 Å². The van der Waals surface area contributed by atoms with E-state index in [0.717, 1.165) is 0 Å². The highest BCUT2D eigenvalue weighted by Crippen LogP contribution is 2.38. The molecule has 15 unspecified atom stereocenters. The second-order valence-electron chi connectivity index (χ2n) is 24.1. The van der Waals surface area contributed by atoms with Gasteiger partial charge < -0.3 is 71.4 Å². The van der Waals surface area contributed by atoms with Crippen molar-refractivity contribution < 1.29 is 115 Å². The van der Waals surface area contributed by atoms with Crippen molar-refractivity contribution in [1.82, 2.24) is 0 Å². The van der Waals surface area contributed by atoms with E-state index in [4.69, 9.17) is 78.9 Å². The van der Waals surface area contributed by atoms with E-state index in [0.29, 0.717) is 0 Å². The van der Waals surface area contributed by atoms with Crippen LogP contribution < -0.4 is 0 Å². The number of benzene rings is 9. The maximum Gasteiger partial charge on any atom is 0.338 e. The van der Waals surface area contributed by atoms with Crippen molar-refractivity contribution >= 4 is 66.4 Å². The predicted molar refractivity (Wildman–Crippen MR) is 375 cm³/mol. The predicted octanol–water partition coefficient (Wildman–Crippen LogP) is 10.1. The molecule has 0 amide bonds. The van der Waals surface area contributed by atoms with Gasteiger partial charge in [0.25, 0.3) is 0 Å². The molecule has 24 nitrogen and oxygen atoms in total. The molecule has 3 heterocycles. The van der Waals surface area contributed by atoms with Crippen LogP contribution in [0.4, 0.5) is 0 Å². The summed E-state index contributed by atoms with van der Waals surface area (Å²) in [5.41, 5.74) is -1.55. The smallest absolute Gasteiger partial charge is 0.338 e. The molecule has 542 valence electrons. The number of hydrogen-bond donors (Lipinski definition) is 2. The number of aliphatic hydroxyl groups is 1. The summed E-state index contributed by atoms with van der Waals surface area (Å²) in [6.45, 7) is -2.73. The van der Waals surface area contributed by atoms with Gasteiger partial charge in [-0.1, -0.05) is 164 Å². The van der Waals surface area contributed by atoms with Crippen molar-refractivity contribution in [2.24, 2.45) is 0 Å². The molecule has 106 heavy (non-hydrogen) atoms. The molecule has 3 fully saturated rings. The van der Waals surface area contributed by atoms with Crippen LogP contribution in [0.3, 0.4) is 0 Å². The molecule has 3 saturated heterocycles. The molecule has 1 N–H and O–H groups in total. The third-order valence-corrected chi connectivity index (χ3v) is 17.5. The van der Waals surface area contributed by atoms with Gasteiger partial charge in [-0.05, 0) is 109 Å². The van der Waals surface area contributed by atoms with Crippen LogP contribution in [0.25, 0.3) is 0 Å². The number of thiol groups is 1. The Hall–Kier alpha value is -11.7. The van der Waals surface area contributed by atoms with Crippen LogP contribution in [0.5, 0.6) is 0 Å². The highest BCUT2D eigenvalue weighted by atomic mass is 32.1. The number of carbonyl (C=O) groups is 9. The normalized spacial score (nSPS) is 23.9. The van der Waals surface area contributed by atoms with E-state index in [2.05, 4.69) is 0 Å². The van der Waals surface area contributed by atoms with E-state index in [9.17, 15) is 48.3 Å². The molecular weight excluding hydrogens is 1390 g/mol. The number of aliphatic hydroxyl groups excluding tert-OH is 1. The molecule has 0 spiro atoms. The Bertz CT molecular complexity index is 4440. The summed E-state index contributed by atoms with van der Waals surface area (Å²) in [6, 6.07) is 68.9. The number of carbonyl (C=O) groups excluding carboxylic acids is 9. The number of ether oxygens (including phenoxy) is 14. The number of esters is 9. The second kappa shape index (κ2) is 35.7. The van der Waals surface area contributed by atoms with Crippen LogP contribution in [0, 0.1) is 0 Å². The van der Waals surface area contributed by atoms with Gasteiger partial charge in [-0.15, -0.1) is 12.6 Å². The zero-order chi connectivity index (χ0) is 73.9. The van der Waals surface area contributed by atoms with Gasteiger partial charge in [-0.3, -0.25) is 0 Å². The van der Waals surface area contributed by atoms with Crippen molar-refractivity contribution in [3.63, 3.8) is 0 Å². The lowest BCUT2D eigenvalue weighted by Crippen LogP contribution is -2.65. The lowest BCUT2D eigenvalue weighted by molar-refractivity contribution is -0.332. The van der Waals surface area contributed by atoms with E-state index in [1.54, 1.807) is 164 Å². The van der Waals surface area contributed by atoms with Crippen LogP contribution >= 0.6 is 12.6 Å². The van der Waals surface area contributed by atoms with E-state index in [1.807, 2.05) is 0 Å². The average Bonchev–Trinajstić information content (AvgIpc) is 0.676. The maximum absolute atomic E-state index is 14.9. The van der Waals surface area contributed by atoms with E-state index >= 15 is 0 Å². The summed E-state index contributed by atoms with van der Waals surface area (Å²) < 4.78 is 89.6. The van der Waals surface area contributed by atoms with Crippen molar-refractivity contribution in [3.05, 3.63) is 323 Å². The standard InChI is InChI=1S/C81H68O24S/c82-46-58-61(97-70(83)49-28-10-1-11-29-49)64(100-73(86)52-34-16-4-17-35-52)67(103-76(89)55-40-22-7-23-41-55)79(94-58)92-47-59-62(98-71(84)50-30-12-2-13-31-50)65(101-74(87)53-36-18-5-19-37-53)68(104-77(90)56-42-24-8-25-43-56)80(95-59)93-48-60-63(99-72(85)51-32-14-3-15-33-51)66(102-75(88)54-38-20-6-21-39-54)69(81(106)96-60)105-78(91)57-44-26-9-27-45-57/h1-45,58-69,79-82,106H,46-48H2. The van der Waals surface area contributed by atoms with E-state index < -0.39 is 165 Å². The van der Waals surface area contributed by atoms with Crippen molar-refractivity contribution in [2.75, 3.05) is 19.8 Å². The zero-order valence-corrected chi connectivity index (χ0v) is 56.9. The third-order valence-electron chi connectivity index (χ3n) is 17.1. The molecule has 0 aliphatic carbocycles. The highest BCUT2D eigenvalue weighted by molar-refractivity contribution is 7.80. The van der Waals surface area contributed by atoms with Crippen molar-refractivity contribution in [3.8, 4) is 0 Å². The summed E-state index contributed by atoms with van der Waals surface area (Å²) in [5, 5.41) is 11.3. The van der Waals surface area contributed by atoms with E-state index in [-0.39, 0.29) is 50.1 Å². The van der Waals surface area contributed by atoms with Gasteiger partial charge in [0.1, 0.15) is 23.7 Å². The maximum atomic E-state index is 14.9. The Morgan fingerprint density at radius 1 is 0.245 bits per heavy atom. The first-order valence-electron chi connectivity index (χ1n) is 33.5. The molecule has 9 aromatic carbocycles. The Labute approximate surface area is 612 Å². The Morgan fingerprint density at radius 2 is 0.425 bits per heavy atom. The zero-order valence-electron chi connectivity index (χ0n) is 56.0. The topological polar surface area (TPSA) is 303 Å². The van der Waals surface area contributed by atoms with Crippen molar-refractivity contribution in [2.45, 2.75) is 91.3 Å². The van der Waals surface area contributed by atoms with Crippen LogP contribution in [0.1, 0.15) is 93.2 Å². The SMILES string of the molecule is O=C(OC1C(S)OC(COC2OC(COC3OC(CO)C(OC(=O)c4ccccc4)C(OC(=O)c4ccccc4)C3OC(=O)c3ccccc3)C(OC(=O)c3ccccc3)C(OC(=O)c3ccccc3)C2OC(=O)c2ccccc2)C(OC(=O)c2ccccc2)C1OC(=O)c1ccccc1)c1ccccc1. The Kier molecular flexibility index (Phi) is 24.9. The number of rotatable bonds is 25. The highest BCUT2D eigenvalue weighted by Gasteiger charge is 2.58. The molecule has 0 saturated carbocycles. The fourth-order valence-electron chi connectivity index (χ4n) is 11.8.